The second kappa shape index (κ2) is 3.14. The smallest absolute Gasteiger partial charge is 0.269 e. The summed E-state index contributed by atoms with van der Waals surface area (Å²) in [5.41, 5.74) is 0.510. The van der Waals surface area contributed by atoms with Crippen LogP contribution in [0.1, 0.15) is 18.2 Å². The van der Waals surface area contributed by atoms with Crippen molar-refractivity contribution in [3.05, 3.63) is 12.1 Å². The number of hydrogen-bond donors (Lipinski definition) is 1. The number of rotatable bonds is 2. The summed E-state index contributed by atoms with van der Waals surface area (Å²) >= 11 is 5.74. The van der Waals surface area contributed by atoms with E-state index >= 15 is 0 Å². The van der Waals surface area contributed by atoms with Crippen molar-refractivity contribution < 1.29 is 4.42 Å². The summed E-state index contributed by atoms with van der Waals surface area (Å²) in [7, 11) is 0. The highest BCUT2D eigenvalue weighted by Gasteiger charge is 2.13. The van der Waals surface area contributed by atoms with Crippen LogP contribution in [0.25, 0.3) is 11.6 Å². The molecule has 7 heteroatoms. The van der Waals surface area contributed by atoms with Crippen molar-refractivity contribution >= 4 is 11.6 Å². The predicted molar refractivity (Wildman–Crippen MR) is 43.9 cm³/mol. The first-order valence-corrected chi connectivity index (χ1v) is 4.04. The van der Waals surface area contributed by atoms with Crippen LogP contribution < -0.4 is 0 Å². The molecular formula is C6H6ClN5O. The molecule has 0 saturated carbocycles. The van der Waals surface area contributed by atoms with Gasteiger partial charge in [0.25, 0.3) is 5.89 Å². The first kappa shape index (κ1) is 8.18. The van der Waals surface area contributed by atoms with Crippen molar-refractivity contribution in [3.63, 3.8) is 0 Å². The Morgan fingerprint density at radius 2 is 2.38 bits per heavy atom. The van der Waals surface area contributed by atoms with E-state index in [1.54, 1.807) is 6.92 Å². The summed E-state index contributed by atoms with van der Waals surface area (Å²) < 4.78 is 5.21. The van der Waals surface area contributed by atoms with Gasteiger partial charge in [0.15, 0.2) is 5.69 Å². The summed E-state index contributed by atoms with van der Waals surface area (Å²) in [6.07, 6.45) is 1.50. The van der Waals surface area contributed by atoms with Crippen LogP contribution in [0.3, 0.4) is 0 Å². The Kier molecular flexibility index (Phi) is 1.97. The molecule has 13 heavy (non-hydrogen) atoms. The van der Waals surface area contributed by atoms with Crippen molar-refractivity contribution in [2.24, 2.45) is 0 Å². The maximum Gasteiger partial charge on any atom is 0.269 e. The lowest BCUT2D eigenvalue weighted by atomic mass is 10.5. The molecule has 0 fully saturated rings. The number of hydrogen-bond acceptors (Lipinski definition) is 5. The predicted octanol–water partition coefficient (Wildman–Crippen LogP) is 1.15. The van der Waals surface area contributed by atoms with Gasteiger partial charge in [-0.25, -0.2) is 0 Å². The molecule has 2 aromatic heterocycles. The summed E-state index contributed by atoms with van der Waals surface area (Å²) in [6, 6.07) is 0. The molecule has 1 unspecified atom stereocenters. The molecule has 0 bridgehead atoms. The molecule has 68 valence electrons. The van der Waals surface area contributed by atoms with Crippen LogP contribution in [0, 0.1) is 0 Å². The van der Waals surface area contributed by atoms with Gasteiger partial charge in [0, 0.05) is 0 Å². The van der Waals surface area contributed by atoms with Crippen molar-refractivity contribution in [3.8, 4) is 11.6 Å². The highest BCUT2D eigenvalue weighted by molar-refractivity contribution is 6.20. The number of H-pyrrole nitrogens is 1. The summed E-state index contributed by atoms with van der Waals surface area (Å²) in [5, 5.41) is 17.0. The number of aromatic amines is 1. The monoisotopic (exact) mass is 199 g/mol. The molecule has 0 aliphatic heterocycles. The van der Waals surface area contributed by atoms with Crippen molar-refractivity contribution in [2.75, 3.05) is 0 Å². The molecular weight excluding hydrogens is 194 g/mol. The molecule has 0 spiro atoms. The van der Waals surface area contributed by atoms with E-state index in [0.717, 1.165) is 0 Å². The minimum Gasteiger partial charge on any atom is -0.418 e. The van der Waals surface area contributed by atoms with E-state index in [1.165, 1.54) is 6.20 Å². The van der Waals surface area contributed by atoms with E-state index in [9.17, 15) is 0 Å². The van der Waals surface area contributed by atoms with Gasteiger partial charge in [-0.3, -0.25) is 0 Å². The topological polar surface area (TPSA) is 80.5 Å². The van der Waals surface area contributed by atoms with Crippen LogP contribution in [0.4, 0.5) is 0 Å². The fraction of sp³-hybridized carbons (Fsp3) is 0.333. The third-order valence-electron chi connectivity index (χ3n) is 1.42. The third-order valence-corrected chi connectivity index (χ3v) is 1.60. The van der Waals surface area contributed by atoms with E-state index < -0.39 is 0 Å². The Labute approximate surface area is 78.3 Å². The van der Waals surface area contributed by atoms with E-state index in [1.807, 2.05) is 0 Å². The van der Waals surface area contributed by atoms with E-state index in [4.69, 9.17) is 16.0 Å². The molecule has 0 amide bonds. The number of alkyl halides is 1. The van der Waals surface area contributed by atoms with E-state index in [0.29, 0.717) is 17.5 Å². The molecule has 2 heterocycles. The maximum atomic E-state index is 5.74. The molecule has 0 saturated heterocycles. The van der Waals surface area contributed by atoms with Gasteiger partial charge < -0.3 is 4.42 Å². The van der Waals surface area contributed by atoms with E-state index in [-0.39, 0.29) is 5.38 Å². The van der Waals surface area contributed by atoms with Crippen LogP contribution in [0.5, 0.6) is 0 Å². The highest BCUT2D eigenvalue weighted by Crippen LogP contribution is 2.21. The zero-order valence-electron chi connectivity index (χ0n) is 6.73. The highest BCUT2D eigenvalue weighted by atomic mass is 35.5. The summed E-state index contributed by atoms with van der Waals surface area (Å²) in [4.78, 5) is 0. The lowest BCUT2D eigenvalue weighted by Gasteiger charge is -1.90. The standard InChI is InChI=1S/C6H6ClN5O/c1-3(7)5-10-11-6(13-5)4-2-8-12-9-4/h2-3H,1H3,(H,8,9,12). The van der Waals surface area contributed by atoms with Crippen LogP contribution in [0.2, 0.25) is 0 Å². The average molecular weight is 200 g/mol. The Balaban J connectivity index is 2.33. The third kappa shape index (κ3) is 1.52. The molecule has 0 aliphatic rings. The van der Waals surface area contributed by atoms with Gasteiger partial charge in [-0.2, -0.15) is 15.4 Å². The van der Waals surface area contributed by atoms with Crippen LogP contribution in [0.15, 0.2) is 10.6 Å². The van der Waals surface area contributed by atoms with Crippen molar-refractivity contribution in [2.45, 2.75) is 12.3 Å². The zero-order chi connectivity index (χ0) is 9.26. The second-order valence-electron chi connectivity index (χ2n) is 2.42. The number of nitrogens with one attached hydrogen (secondary N) is 1. The fourth-order valence-corrected chi connectivity index (χ4v) is 0.892. The molecule has 2 aromatic rings. The van der Waals surface area contributed by atoms with Crippen LogP contribution in [-0.4, -0.2) is 25.6 Å². The van der Waals surface area contributed by atoms with E-state index in [2.05, 4.69) is 25.6 Å². The quantitative estimate of drug-likeness (QED) is 0.734. The fourth-order valence-electron chi connectivity index (χ4n) is 0.803. The first-order valence-electron chi connectivity index (χ1n) is 3.61. The Morgan fingerprint density at radius 3 is 2.92 bits per heavy atom. The number of nitrogens with zero attached hydrogens (tertiary/aromatic N) is 4. The molecule has 1 N–H and O–H groups in total. The minimum absolute atomic E-state index is 0.298. The summed E-state index contributed by atoms with van der Waals surface area (Å²) in [5.74, 6) is 0.691. The summed E-state index contributed by atoms with van der Waals surface area (Å²) in [6.45, 7) is 1.75. The van der Waals surface area contributed by atoms with Gasteiger partial charge in [0.05, 0.1) is 6.20 Å². The molecule has 1 atom stereocenters. The van der Waals surface area contributed by atoms with Crippen LogP contribution >= 0.6 is 11.6 Å². The van der Waals surface area contributed by atoms with Gasteiger partial charge in [-0.1, -0.05) is 0 Å². The number of aromatic nitrogens is 5. The van der Waals surface area contributed by atoms with Crippen LogP contribution in [-0.2, 0) is 0 Å². The Hall–Kier alpha value is -1.43. The van der Waals surface area contributed by atoms with Gasteiger partial charge in [0.2, 0.25) is 5.89 Å². The van der Waals surface area contributed by atoms with Gasteiger partial charge in [0.1, 0.15) is 5.38 Å². The SMILES string of the molecule is CC(Cl)c1nnc(-c2cn[nH]n2)o1. The van der Waals surface area contributed by atoms with Gasteiger partial charge >= 0.3 is 0 Å². The van der Waals surface area contributed by atoms with Crippen molar-refractivity contribution in [1.82, 2.24) is 25.6 Å². The first-order chi connectivity index (χ1) is 6.27. The number of halogens is 1. The average Bonchev–Trinajstić information content (AvgIpc) is 2.75. The lowest BCUT2D eigenvalue weighted by molar-refractivity contribution is 0.505. The second-order valence-corrected chi connectivity index (χ2v) is 3.07. The normalized spacial score (nSPS) is 13.1. The molecule has 6 nitrogen and oxygen atoms in total. The lowest BCUT2D eigenvalue weighted by Crippen LogP contribution is -1.81. The Morgan fingerprint density at radius 1 is 1.54 bits per heavy atom. The molecule has 0 aliphatic carbocycles. The molecule has 2 rings (SSSR count). The molecule has 0 aromatic carbocycles. The molecule has 0 radical (unpaired) electrons. The van der Waals surface area contributed by atoms with Gasteiger partial charge in [-0.05, 0) is 6.92 Å². The largest absolute Gasteiger partial charge is 0.418 e. The Bertz CT molecular complexity index is 381. The van der Waals surface area contributed by atoms with Gasteiger partial charge in [-0.15, -0.1) is 21.8 Å². The minimum atomic E-state index is -0.298. The van der Waals surface area contributed by atoms with Crippen molar-refractivity contribution in [1.29, 1.82) is 0 Å². The zero-order valence-corrected chi connectivity index (χ0v) is 7.49. The maximum absolute atomic E-state index is 5.74.